The number of pyridine rings is 2. The highest BCUT2D eigenvalue weighted by Gasteiger charge is 2.11. The van der Waals surface area contributed by atoms with E-state index >= 15 is 0 Å². The lowest BCUT2D eigenvalue weighted by Gasteiger charge is -2.06. The second kappa shape index (κ2) is 9.69. The molecular weight excluding hydrogens is 381 g/mol. The van der Waals surface area contributed by atoms with Crippen LogP contribution < -0.4 is 5.73 Å². The summed E-state index contributed by atoms with van der Waals surface area (Å²) in [5.74, 6) is -0.658. The Kier molecular flexibility index (Phi) is 6.80. The van der Waals surface area contributed by atoms with E-state index < -0.39 is 5.95 Å². The molecule has 2 N–H and O–H groups in total. The smallest absolute Gasteiger partial charge is 0.212 e. The molecular formula is C24H22FN3O2. The van der Waals surface area contributed by atoms with E-state index in [2.05, 4.69) is 9.97 Å². The van der Waals surface area contributed by atoms with Crippen LogP contribution in [0, 0.1) is 12.9 Å². The molecule has 152 valence electrons. The Bertz CT molecular complexity index is 1070. The molecule has 1 aromatic carbocycles. The minimum absolute atomic E-state index is 0.00891. The fraction of sp³-hybridized carbons (Fsp3) is 0.167. The highest BCUT2D eigenvalue weighted by Crippen LogP contribution is 2.16. The topological polar surface area (TPSA) is 85.9 Å². The minimum Gasteiger partial charge on any atom is -0.398 e. The first-order valence-electron chi connectivity index (χ1n) is 9.53. The van der Waals surface area contributed by atoms with Crippen LogP contribution >= 0.6 is 0 Å². The van der Waals surface area contributed by atoms with E-state index in [1.54, 1.807) is 36.5 Å². The molecule has 30 heavy (non-hydrogen) atoms. The van der Waals surface area contributed by atoms with E-state index in [1.807, 2.05) is 25.1 Å². The number of allylic oxidation sites excluding steroid dienone is 1. The number of halogens is 1. The Labute approximate surface area is 174 Å². The summed E-state index contributed by atoms with van der Waals surface area (Å²) >= 11 is 0. The number of benzene rings is 1. The Hall–Kier alpha value is -3.67. The van der Waals surface area contributed by atoms with Gasteiger partial charge in [0.2, 0.25) is 5.95 Å². The molecule has 0 radical (unpaired) electrons. The summed E-state index contributed by atoms with van der Waals surface area (Å²) in [6, 6.07) is 11.8. The SMILES string of the molecule is Cc1ccc(CC(=O)c2ccc(CC(=O)C/C=C/c3ccc(F)nc3)cn2)c(N)c1. The normalized spacial score (nSPS) is 11.0. The molecule has 0 fully saturated rings. The van der Waals surface area contributed by atoms with Crippen LogP contribution in [0.15, 0.2) is 60.9 Å². The molecule has 0 atom stereocenters. The van der Waals surface area contributed by atoms with Gasteiger partial charge in [0.05, 0.1) is 0 Å². The van der Waals surface area contributed by atoms with Gasteiger partial charge in [-0.3, -0.25) is 14.6 Å². The second-order valence-electron chi connectivity index (χ2n) is 7.09. The predicted octanol–water partition coefficient (Wildman–Crippen LogP) is 4.15. The Balaban J connectivity index is 1.53. The number of aryl methyl sites for hydroxylation is 1. The first-order chi connectivity index (χ1) is 14.4. The van der Waals surface area contributed by atoms with Crippen molar-refractivity contribution >= 4 is 23.3 Å². The van der Waals surface area contributed by atoms with E-state index in [9.17, 15) is 14.0 Å². The van der Waals surface area contributed by atoms with Gasteiger partial charge in [0.25, 0.3) is 0 Å². The highest BCUT2D eigenvalue weighted by atomic mass is 19.1. The Morgan fingerprint density at radius 2 is 1.87 bits per heavy atom. The molecule has 0 aliphatic carbocycles. The number of hydrogen-bond donors (Lipinski definition) is 1. The summed E-state index contributed by atoms with van der Waals surface area (Å²) in [6.07, 6.45) is 7.04. The van der Waals surface area contributed by atoms with Crippen LogP contribution in [0.4, 0.5) is 10.1 Å². The molecule has 0 aliphatic heterocycles. The highest BCUT2D eigenvalue weighted by molar-refractivity contribution is 5.96. The summed E-state index contributed by atoms with van der Waals surface area (Å²) in [6.45, 7) is 1.94. The summed E-state index contributed by atoms with van der Waals surface area (Å²) in [5.41, 5.74) is 10.2. The molecule has 6 heteroatoms. The lowest BCUT2D eigenvalue weighted by molar-refractivity contribution is -0.117. The van der Waals surface area contributed by atoms with Crippen LogP contribution in [0.5, 0.6) is 0 Å². The lowest BCUT2D eigenvalue weighted by Crippen LogP contribution is -2.09. The van der Waals surface area contributed by atoms with Crippen LogP contribution in [-0.4, -0.2) is 21.5 Å². The zero-order chi connectivity index (χ0) is 21.5. The number of Topliss-reactive ketones (excluding diaryl/α,β-unsaturated/α-hetero) is 2. The zero-order valence-corrected chi connectivity index (χ0v) is 16.6. The summed E-state index contributed by atoms with van der Waals surface area (Å²) in [5, 5.41) is 0. The maximum atomic E-state index is 12.8. The van der Waals surface area contributed by atoms with Gasteiger partial charge in [0.1, 0.15) is 11.5 Å². The molecule has 0 amide bonds. The van der Waals surface area contributed by atoms with Crippen molar-refractivity contribution in [2.45, 2.75) is 26.2 Å². The molecule has 3 rings (SSSR count). The molecule has 0 saturated heterocycles. The number of anilines is 1. The van der Waals surface area contributed by atoms with E-state index in [0.29, 0.717) is 11.4 Å². The Morgan fingerprint density at radius 1 is 1.03 bits per heavy atom. The van der Waals surface area contributed by atoms with Gasteiger partial charge in [-0.15, -0.1) is 0 Å². The predicted molar refractivity (Wildman–Crippen MR) is 114 cm³/mol. The van der Waals surface area contributed by atoms with Crippen LogP contribution in [0.25, 0.3) is 6.08 Å². The van der Waals surface area contributed by atoms with Crippen LogP contribution in [0.1, 0.15) is 39.2 Å². The van der Waals surface area contributed by atoms with Gasteiger partial charge in [-0.2, -0.15) is 4.39 Å². The van der Waals surface area contributed by atoms with Gasteiger partial charge in [-0.1, -0.05) is 30.4 Å². The third-order valence-corrected chi connectivity index (χ3v) is 4.57. The zero-order valence-electron chi connectivity index (χ0n) is 16.6. The lowest BCUT2D eigenvalue weighted by atomic mass is 10.0. The number of carbonyl (C=O) groups excluding carboxylic acids is 2. The van der Waals surface area contributed by atoms with Crippen molar-refractivity contribution in [2.24, 2.45) is 0 Å². The van der Waals surface area contributed by atoms with E-state index in [-0.39, 0.29) is 30.8 Å². The number of hydrogen-bond acceptors (Lipinski definition) is 5. The maximum Gasteiger partial charge on any atom is 0.212 e. The first-order valence-corrected chi connectivity index (χ1v) is 9.53. The van der Waals surface area contributed by atoms with Gasteiger partial charge in [0.15, 0.2) is 5.78 Å². The largest absolute Gasteiger partial charge is 0.398 e. The number of ketones is 2. The fourth-order valence-electron chi connectivity index (χ4n) is 2.95. The molecule has 0 unspecified atom stereocenters. The van der Waals surface area contributed by atoms with Crippen LogP contribution in [0.3, 0.4) is 0 Å². The first kappa shape index (κ1) is 21.0. The van der Waals surface area contributed by atoms with Crippen molar-refractivity contribution < 1.29 is 14.0 Å². The number of carbonyl (C=O) groups is 2. The molecule has 0 spiro atoms. The van der Waals surface area contributed by atoms with Gasteiger partial charge < -0.3 is 5.73 Å². The number of nitrogens with two attached hydrogens (primary N) is 1. The van der Waals surface area contributed by atoms with Crippen molar-refractivity contribution in [1.29, 1.82) is 0 Å². The van der Waals surface area contributed by atoms with Crippen molar-refractivity contribution in [3.63, 3.8) is 0 Å². The number of nitrogen functional groups attached to an aromatic ring is 1. The van der Waals surface area contributed by atoms with Gasteiger partial charge >= 0.3 is 0 Å². The third kappa shape index (κ3) is 5.91. The van der Waals surface area contributed by atoms with Crippen molar-refractivity contribution in [2.75, 3.05) is 5.73 Å². The average molecular weight is 403 g/mol. The van der Waals surface area contributed by atoms with E-state index in [0.717, 1.165) is 22.3 Å². The van der Waals surface area contributed by atoms with Crippen LogP contribution in [0.2, 0.25) is 0 Å². The average Bonchev–Trinajstić information content (AvgIpc) is 2.72. The van der Waals surface area contributed by atoms with Crippen molar-refractivity contribution in [1.82, 2.24) is 9.97 Å². The van der Waals surface area contributed by atoms with E-state index in [4.69, 9.17) is 5.73 Å². The van der Waals surface area contributed by atoms with E-state index in [1.165, 1.54) is 12.3 Å². The van der Waals surface area contributed by atoms with Crippen molar-refractivity contribution in [3.8, 4) is 0 Å². The summed E-state index contributed by atoms with van der Waals surface area (Å²) in [4.78, 5) is 32.4. The second-order valence-corrected chi connectivity index (χ2v) is 7.09. The number of nitrogens with zero attached hydrogens (tertiary/aromatic N) is 2. The molecule has 0 bridgehead atoms. The monoisotopic (exact) mass is 403 g/mol. The molecule has 0 saturated carbocycles. The molecule has 0 aliphatic rings. The number of rotatable bonds is 8. The number of aromatic nitrogens is 2. The minimum atomic E-state index is -0.542. The van der Waals surface area contributed by atoms with Crippen molar-refractivity contribution in [3.05, 3.63) is 94.8 Å². The summed E-state index contributed by atoms with van der Waals surface area (Å²) < 4.78 is 12.8. The summed E-state index contributed by atoms with van der Waals surface area (Å²) in [7, 11) is 0. The van der Waals surface area contributed by atoms with Gasteiger partial charge in [-0.05, 0) is 53.4 Å². The Morgan fingerprint density at radius 3 is 2.53 bits per heavy atom. The van der Waals surface area contributed by atoms with Gasteiger partial charge in [-0.25, -0.2) is 4.98 Å². The molecule has 2 aromatic heterocycles. The van der Waals surface area contributed by atoms with Crippen LogP contribution in [-0.2, 0) is 17.6 Å². The quantitative estimate of drug-likeness (QED) is 0.347. The van der Waals surface area contributed by atoms with Gasteiger partial charge in [0, 0.05) is 37.3 Å². The maximum absolute atomic E-state index is 12.8. The standard InChI is InChI=1S/C24H22FN3O2/c1-16-5-8-19(21(26)11-16)13-23(30)22-9-6-18(15-27-22)12-20(29)4-2-3-17-7-10-24(25)28-14-17/h2-3,5-11,14-15H,4,12-13,26H2,1H3/b3-2+. The molecule has 5 nitrogen and oxygen atoms in total. The fourth-order valence-corrected chi connectivity index (χ4v) is 2.95. The third-order valence-electron chi connectivity index (χ3n) is 4.57. The molecule has 2 heterocycles. The molecule has 3 aromatic rings.